The van der Waals surface area contributed by atoms with Crippen molar-refractivity contribution in [3.8, 4) is 5.88 Å². The Labute approximate surface area is 147 Å². The van der Waals surface area contributed by atoms with Crippen molar-refractivity contribution in [2.45, 2.75) is 5.75 Å². The molecule has 0 spiro atoms. The summed E-state index contributed by atoms with van der Waals surface area (Å²) in [5, 5.41) is 2.64. The lowest BCUT2D eigenvalue weighted by Crippen LogP contribution is -2.28. The minimum Gasteiger partial charge on any atom is -0.473 e. The maximum Gasteiger partial charge on any atom is 0.232 e. The van der Waals surface area contributed by atoms with Gasteiger partial charge in [-0.25, -0.2) is 4.98 Å². The summed E-state index contributed by atoms with van der Waals surface area (Å²) in [7, 11) is -1.31. The first-order valence-corrected chi connectivity index (χ1v) is 8.99. The van der Waals surface area contributed by atoms with E-state index in [9.17, 15) is 13.8 Å². The first kappa shape index (κ1) is 18.6. The first-order valence-electron chi connectivity index (χ1n) is 7.50. The van der Waals surface area contributed by atoms with Gasteiger partial charge >= 0.3 is 0 Å². The number of ether oxygens (including phenoxy) is 1. The largest absolute Gasteiger partial charge is 0.473 e. The van der Waals surface area contributed by atoms with E-state index in [2.05, 4.69) is 10.3 Å². The highest BCUT2D eigenvalue weighted by molar-refractivity contribution is 7.84. The number of rotatable bonds is 10. The number of pyridine rings is 1. The fraction of sp³-hybridized carbons (Fsp3) is 0.235. The third-order valence-electron chi connectivity index (χ3n) is 2.98. The molecular formula is C17H18N2O5S. The van der Waals surface area contributed by atoms with Crippen LogP contribution in [-0.4, -0.2) is 40.3 Å². The van der Waals surface area contributed by atoms with Crippen molar-refractivity contribution in [2.24, 2.45) is 0 Å². The summed E-state index contributed by atoms with van der Waals surface area (Å²) in [5.41, 5.74) is 0.490. The lowest BCUT2D eigenvalue weighted by atomic mass is 10.3. The van der Waals surface area contributed by atoms with Crippen molar-refractivity contribution in [1.82, 2.24) is 10.3 Å². The third-order valence-corrected chi connectivity index (χ3v) is 4.17. The predicted octanol–water partition coefficient (Wildman–Crippen LogP) is 1.49. The normalized spacial score (nSPS) is 12.0. The number of amides is 1. The van der Waals surface area contributed by atoms with Gasteiger partial charge in [-0.15, -0.1) is 0 Å². The molecule has 0 fully saturated rings. The van der Waals surface area contributed by atoms with Crippen LogP contribution in [0.1, 0.15) is 16.1 Å². The molecule has 25 heavy (non-hydrogen) atoms. The molecule has 1 unspecified atom stereocenters. The van der Waals surface area contributed by atoms with Crippen molar-refractivity contribution < 1.29 is 23.0 Å². The maximum atomic E-state index is 11.8. The molecule has 132 valence electrons. The van der Waals surface area contributed by atoms with Gasteiger partial charge in [-0.3, -0.25) is 13.8 Å². The van der Waals surface area contributed by atoms with Crippen molar-refractivity contribution in [3.63, 3.8) is 0 Å². The highest BCUT2D eigenvalue weighted by atomic mass is 32.2. The van der Waals surface area contributed by atoms with Crippen molar-refractivity contribution in [3.05, 3.63) is 60.2 Å². The molecule has 2 aromatic heterocycles. The van der Waals surface area contributed by atoms with Crippen LogP contribution in [-0.2, 0) is 21.3 Å². The van der Waals surface area contributed by atoms with E-state index >= 15 is 0 Å². The van der Waals surface area contributed by atoms with Gasteiger partial charge in [0.25, 0.3) is 0 Å². The lowest BCUT2D eigenvalue weighted by molar-refractivity contribution is -0.118. The van der Waals surface area contributed by atoms with E-state index < -0.39 is 10.8 Å². The molecule has 2 aromatic rings. The molecule has 0 bridgehead atoms. The van der Waals surface area contributed by atoms with Crippen molar-refractivity contribution in [1.29, 1.82) is 0 Å². The third kappa shape index (κ3) is 7.13. The highest BCUT2D eigenvalue weighted by Gasteiger charge is 2.09. The summed E-state index contributed by atoms with van der Waals surface area (Å²) in [6, 6.07) is 6.56. The molecule has 2 rings (SSSR count). The van der Waals surface area contributed by atoms with Crippen molar-refractivity contribution in [2.75, 3.05) is 18.9 Å². The van der Waals surface area contributed by atoms with Crippen LogP contribution in [0.3, 0.4) is 0 Å². The predicted molar refractivity (Wildman–Crippen MR) is 92.7 cm³/mol. The Hall–Kier alpha value is -2.74. The number of nitrogens with zero attached hydrogens (tertiary/aromatic N) is 1. The summed E-state index contributed by atoms with van der Waals surface area (Å²) in [6.07, 6.45) is 7.15. The number of nitrogens with one attached hydrogen (secondary N) is 1. The Morgan fingerprint density at radius 3 is 3.00 bits per heavy atom. The number of carbonyl (C=O) groups is 2. The van der Waals surface area contributed by atoms with E-state index in [0.717, 1.165) is 6.29 Å². The molecule has 0 aromatic carbocycles. The average Bonchev–Trinajstić information content (AvgIpc) is 3.10. The van der Waals surface area contributed by atoms with Crippen LogP contribution in [0.4, 0.5) is 0 Å². The van der Waals surface area contributed by atoms with Gasteiger partial charge in [-0.1, -0.05) is 6.08 Å². The zero-order valence-corrected chi connectivity index (χ0v) is 14.2. The molecule has 0 saturated carbocycles. The minimum atomic E-state index is -1.31. The van der Waals surface area contributed by atoms with Gasteiger partial charge in [-0.2, -0.15) is 0 Å². The monoisotopic (exact) mass is 362 g/mol. The Morgan fingerprint density at radius 2 is 2.24 bits per heavy atom. The number of hydrogen-bond donors (Lipinski definition) is 1. The highest BCUT2D eigenvalue weighted by Crippen LogP contribution is 2.07. The second kappa shape index (κ2) is 10.2. The van der Waals surface area contributed by atoms with Crippen molar-refractivity contribution >= 4 is 23.0 Å². The molecule has 1 atom stereocenters. The van der Waals surface area contributed by atoms with Crippen LogP contribution >= 0.6 is 0 Å². The molecule has 0 aliphatic carbocycles. The van der Waals surface area contributed by atoms with Crippen LogP contribution in [0.2, 0.25) is 0 Å². The maximum absolute atomic E-state index is 11.8. The van der Waals surface area contributed by atoms with E-state index in [1.54, 1.807) is 30.4 Å². The summed E-state index contributed by atoms with van der Waals surface area (Å²) in [5.74, 6) is 0.794. The van der Waals surface area contributed by atoms with Crippen LogP contribution in [0.25, 0.3) is 0 Å². The van der Waals surface area contributed by atoms with E-state index in [-0.39, 0.29) is 24.0 Å². The Balaban J connectivity index is 1.61. The van der Waals surface area contributed by atoms with Crippen LogP contribution in [0, 0.1) is 0 Å². The van der Waals surface area contributed by atoms with Crippen LogP contribution in [0.5, 0.6) is 5.88 Å². The number of aldehydes is 1. The molecule has 7 nitrogen and oxygen atoms in total. The molecule has 0 aliphatic rings. The molecule has 0 saturated heterocycles. The molecule has 8 heteroatoms. The zero-order valence-electron chi connectivity index (χ0n) is 13.4. The van der Waals surface area contributed by atoms with E-state index in [0.29, 0.717) is 23.7 Å². The minimum absolute atomic E-state index is 0.0759. The second-order valence-corrected chi connectivity index (χ2v) is 6.40. The molecule has 0 aliphatic heterocycles. The van der Waals surface area contributed by atoms with Gasteiger partial charge in [-0.05, 0) is 24.3 Å². The smallest absolute Gasteiger partial charge is 0.232 e. The van der Waals surface area contributed by atoms with E-state index in [1.807, 2.05) is 0 Å². The quantitative estimate of drug-likeness (QED) is 0.508. The van der Waals surface area contributed by atoms with Crippen LogP contribution < -0.4 is 10.1 Å². The number of hydrogen-bond acceptors (Lipinski definition) is 6. The topological polar surface area (TPSA) is 98.5 Å². The Kier molecular flexibility index (Phi) is 7.58. The van der Waals surface area contributed by atoms with Gasteiger partial charge in [0.1, 0.15) is 24.4 Å². The zero-order chi connectivity index (χ0) is 17.9. The first-order chi connectivity index (χ1) is 12.2. The average molecular weight is 362 g/mol. The SMILES string of the molecule is O=Cc1ccnc(OCC=CCNC(=O)CS(=O)Cc2ccco2)c1. The lowest BCUT2D eigenvalue weighted by Gasteiger charge is -2.03. The van der Waals surface area contributed by atoms with Gasteiger partial charge in [0.15, 0.2) is 0 Å². The number of carbonyl (C=O) groups excluding carboxylic acids is 2. The van der Waals surface area contributed by atoms with Gasteiger partial charge < -0.3 is 14.5 Å². The second-order valence-electron chi connectivity index (χ2n) is 4.94. The molecular weight excluding hydrogens is 344 g/mol. The Bertz CT molecular complexity index is 743. The molecule has 1 amide bonds. The molecule has 2 heterocycles. The Morgan fingerprint density at radius 1 is 1.36 bits per heavy atom. The summed E-state index contributed by atoms with van der Waals surface area (Å²) < 4.78 is 22.2. The fourth-order valence-corrected chi connectivity index (χ4v) is 2.81. The number of aromatic nitrogens is 1. The van der Waals surface area contributed by atoms with Gasteiger partial charge in [0.2, 0.25) is 11.8 Å². The molecule has 1 N–H and O–H groups in total. The van der Waals surface area contributed by atoms with E-state index in [4.69, 9.17) is 9.15 Å². The molecule has 0 radical (unpaired) electrons. The van der Waals surface area contributed by atoms with E-state index in [1.165, 1.54) is 18.5 Å². The summed E-state index contributed by atoms with van der Waals surface area (Å²) >= 11 is 0. The van der Waals surface area contributed by atoms with Gasteiger partial charge in [0.05, 0.1) is 12.0 Å². The number of furan rings is 1. The van der Waals surface area contributed by atoms with Gasteiger partial charge in [0, 0.05) is 35.2 Å². The standard InChI is InChI=1S/C17H18N2O5S/c20-11-14-5-7-19-17(10-14)24-8-2-1-6-18-16(21)13-25(22)12-15-4-3-9-23-15/h1-5,7,9-11H,6,8,12-13H2,(H,18,21). The fourth-order valence-electron chi connectivity index (χ4n) is 1.84. The van der Waals surface area contributed by atoms with Crippen LogP contribution in [0.15, 0.2) is 53.3 Å². The summed E-state index contributed by atoms with van der Waals surface area (Å²) in [4.78, 5) is 26.3. The summed E-state index contributed by atoms with van der Waals surface area (Å²) in [6.45, 7) is 0.567.